The zero-order valence-electron chi connectivity index (χ0n) is 16.9. The SMILES string of the molecule is CC(C)[Si](OC(C(=O)NNC(=O)c1ccccn1)C(F)(F)F)(C(C)C)C(C)C. The third kappa shape index (κ3) is 5.54. The van der Waals surface area contributed by atoms with Crippen LogP contribution >= 0.6 is 0 Å². The molecule has 1 rings (SSSR count). The number of carbonyl (C=O) groups is 2. The van der Waals surface area contributed by atoms with Crippen LogP contribution in [0.1, 0.15) is 52.0 Å². The molecule has 1 aromatic rings. The van der Waals surface area contributed by atoms with Crippen molar-refractivity contribution in [1.82, 2.24) is 15.8 Å². The molecule has 0 fully saturated rings. The molecule has 1 atom stereocenters. The smallest absolute Gasteiger partial charge is 0.397 e. The number of halogens is 3. The van der Waals surface area contributed by atoms with Gasteiger partial charge < -0.3 is 4.43 Å². The molecule has 2 N–H and O–H groups in total. The van der Waals surface area contributed by atoms with Crippen molar-refractivity contribution in [3.8, 4) is 0 Å². The zero-order chi connectivity index (χ0) is 21.7. The van der Waals surface area contributed by atoms with Crippen molar-refractivity contribution in [2.24, 2.45) is 0 Å². The van der Waals surface area contributed by atoms with Crippen molar-refractivity contribution >= 4 is 20.1 Å². The van der Waals surface area contributed by atoms with Crippen molar-refractivity contribution in [2.75, 3.05) is 0 Å². The molecule has 1 unspecified atom stereocenters. The van der Waals surface area contributed by atoms with E-state index in [1.165, 1.54) is 12.3 Å². The maximum Gasteiger partial charge on any atom is 0.422 e. The normalized spacial score (nSPS) is 13.7. The van der Waals surface area contributed by atoms with E-state index < -0.39 is 32.4 Å². The highest BCUT2D eigenvalue weighted by molar-refractivity contribution is 6.77. The lowest BCUT2D eigenvalue weighted by atomic mass is 10.3. The summed E-state index contributed by atoms with van der Waals surface area (Å²) < 4.78 is 46.6. The van der Waals surface area contributed by atoms with Crippen LogP contribution in [0.3, 0.4) is 0 Å². The Labute approximate surface area is 164 Å². The number of hydrogen-bond donors (Lipinski definition) is 2. The van der Waals surface area contributed by atoms with Gasteiger partial charge in [-0.15, -0.1) is 0 Å². The zero-order valence-corrected chi connectivity index (χ0v) is 17.9. The summed E-state index contributed by atoms with van der Waals surface area (Å²) in [4.78, 5) is 28.0. The van der Waals surface area contributed by atoms with E-state index in [0.29, 0.717) is 0 Å². The fourth-order valence-electron chi connectivity index (χ4n) is 3.63. The summed E-state index contributed by atoms with van der Waals surface area (Å²) in [6.45, 7) is 10.9. The lowest BCUT2D eigenvalue weighted by Crippen LogP contribution is -2.59. The molecule has 0 radical (unpaired) electrons. The van der Waals surface area contributed by atoms with E-state index in [2.05, 4.69) is 4.98 Å². The summed E-state index contributed by atoms with van der Waals surface area (Å²) in [6.07, 6.45) is -6.24. The van der Waals surface area contributed by atoms with Crippen LogP contribution in [0.25, 0.3) is 0 Å². The average Bonchev–Trinajstić information content (AvgIpc) is 2.58. The first-order valence-corrected chi connectivity index (χ1v) is 11.2. The Kier molecular flexibility index (Phi) is 8.18. The molecular formula is C18H28F3N3O3Si. The summed E-state index contributed by atoms with van der Waals surface area (Å²) in [5.41, 5.74) is 3.31. The van der Waals surface area contributed by atoms with Gasteiger partial charge in [0.25, 0.3) is 11.8 Å². The van der Waals surface area contributed by atoms with Crippen LogP contribution in [-0.2, 0) is 9.22 Å². The molecule has 6 nitrogen and oxygen atoms in total. The maximum absolute atomic E-state index is 13.6. The lowest BCUT2D eigenvalue weighted by Gasteiger charge is -2.44. The quantitative estimate of drug-likeness (QED) is 0.518. The monoisotopic (exact) mass is 419 g/mol. The van der Waals surface area contributed by atoms with Gasteiger partial charge in [-0.3, -0.25) is 25.4 Å². The second kappa shape index (κ2) is 9.51. The van der Waals surface area contributed by atoms with Gasteiger partial charge in [-0.25, -0.2) is 0 Å². The first-order valence-electron chi connectivity index (χ1n) is 9.09. The second-order valence-electron chi connectivity index (χ2n) is 7.52. The third-order valence-electron chi connectivity index (χ3n) is 4.76. The standard InChI is InChI=1S/C18H28F3N3O3Si/c1-11(2)28(12(3)4,13(5)6)27-15(18(19,20)21)17(26)24-23-16(25)14-9-7-8-10-22-14/h7-13,15H,1-6H3,(H,23,25)(H,24,26). The average molecular weight is 420 g/mol. The van der Waals surface area contributed by atoms with Gasteiger partial charge in [0, 0.05) is 6.20 Å². The van der Waals surface area contributed by atoms with Crippen LogP contribution < -0.4 is 10.9 Å². The van der Waals surface area contributed by atoms with Gasteiger partial charge in [-0.2, -0.15) is 13.2 Å². The molecule has 158 valence electrons. The summed E-state index contributed by atoms with van der Waals surface area (Å²) >= 11 is 0. The van der Waals surface area contributed by atoms with E-state index in [9.17, 15) is 22.8 Å². The van der Waals surface area contributed by atoms with Crippen molar-refractivity contribution in [2.45, 2.75) is 70.4 Å². The Bertz CT molecular complexity index is 645. The van der Waals surface area contributed by atoms with Crippen LogP contribution in [0, 0.1) is 0 Å². The fourth-order valence-corrected chi connectivity index (χ4v) is 9.09. The molecule has 28 heavy (non-hydrogen) atoms. The van der Waals surface area contributed by atoms with Gasteiger partial charge in [0.15, 0.2) is 0 Å². The van der Waals surface area contributed by atoms with Gasteiger partial charge in [0.2, 0.25) is 14.4 Å². The summed E-state index contributed by atoms with van der Waals surface area (Å²) in [5.74, 6) is -2.29. The summed E-state index contributed by atoms with van der Waals surface area (Å²) in [5, 5.41) is 0. The Morgan fingerprint density at radius 3 is 1.93 bits per heavy atom. The Morgan fingerprint density at radius 1 is 1.00 bits per heavy atom. The van der Waals surface area contributed by atoms with E-state index in [1.807, 2.05) is 52.4 Å². The van der Waals surface area contributed by atoms with Crippen LogP contribution in [0.5, 0.6) is 0 Å². The summed E-state index contributed by atoms with van der Waals surface area (Å²) in [7, 11) is -2.99. The predicted molar refractivity (Wildman–Crippen MR) is 102 cm³/mol. The minimum atomic E-state index is -4.92. The molecule has 10 heteroatoms. The maximum atomic E-state index is 13.6. The van der Waals surface area contributed by atoms with Gasteiger partial charge in [0.1, 0.15) is 5.69 Å². The first kappa shape index (κ1) is 24.1. The highest BCUT2D eigenvalue weighted by Gasteiger charge is 2.55. The van der Waals surface area contributed by atoms with Crippen LogP contribution in [0.15, 0.2) is 24.4 Å². The van der Waals surface area contributed by atoms with Crippen molar-refractivity contribution in [3.05, 3.63) is 30.1 Å². The van der Waals surface area contributed by atoms with Crippen molar-refractivity contribution in [3.63, 3.8) is 0 Å². The topological polar surface area (TPSA) is 80.3 Å². The van der Waals surface area contributed by atoms with E-state index >= 15 is 0 Å². The van der Waals surface area contributed by atoms with E-state index in [0.717, 1.165) is 0 Å². The third-order valence-corrected chi connectivity index (χ3v) is 10.8. The van der Waals surface area contributed by atoms with Gasteiger partial charge in [-0.1, -0.05) is 47.6 Å². The fraction of sp³-hybridized carbons (Fsp3) is 0.611. The number of hydrazine groups is 1. The number of carbonyl (C=O) groups excluding carboxylic acids is 2. The van der Waals surface area contributed by atoms with Crippen LogP contribution in [-0.4, -0.2) is 37.4 Å². The number of aromatic nitrogens is 1. The highest BCUT2D eigenvalue weighted by atomic mass is 28.4. The van der Waals surface area contributed by atoms with Crippen molar-refractivity contribution < 1.29 is 27.2 Å². The number of pyridine rings is 1. The molecule has 0 spiro atoms. The minimum Gasteiger partial charge on any atom is -0.397 e. The number of rotatable bonds is 7. The molecule has 0 saturated heterocycles. The van der Waals surface area contributed by atoms with Gasteiger partial charge in [-0.05, 0) is 28.8 Å². The Balaban J connectivity index is 3.04. The Morgan fingerprint density at radius 2 is 1.54 bits per heavy atom. The van der Waals surface area contributed by atoms with E-state index in [-0.39, 0.29) is 22.3 Å². The van der Waals surface area contributed by atoms with E-state index in [1.54, 1.807) is 12.1 Å². The molecule has 0 aliphatic heterocycles. The minimum absolute atomic E-state index is 0.0393. The summed E-state index contributed by atoms with van der Waals surface area (Å²) in [6, 6.07) is 4.49. The molecule has 0 aliphatic carbocycles. The van der Waals surface area contributed by atoms with Gasteiger partial charge in [0.05, 0.1) is 0 Å². The second-order valence-corrected chi connectivity index (χ2v) is 12.9. The molecule has 1 heterocycles. The molecule has 1 aromatic heterocycles. The molecule has 0 saturated carbocycles. The van der Waals surface area contributed by atoms with Crippen LogP contribution in [0.2, 0.25) is 16.6 Å². The number of nitrogens with one attached hydrogen (secondary N) is 2. The number of amides is 2. The number of hydrogen-bond acceptors (Lipinski definition) is 4. The van der Waals surface area contributed by atoms with Gasteiger partial charge >= 0.3 is 6.18 Å². The highest BCUT2D eigenvalue weighted by Crippen LogP contribution is 2.44. The molecule has 0 aromatic carbocycles. The molecule has 0 bridgehead atoms. The molecular weight excluding hydrogens is 391 g/mol. The molecule has 2 amide bonds. The number of alkyl halides is 3. The largest absolute Gasteiger partial charge is 0.422 e. The lowest BCUT2D eigenvalue weighted by molar-refractivity contribution is -0.201. The number of nitrogens with zero attached hydrogens (tertiary/aromatic N) is 1. The first-order chi connectivity index (χ1) is 12.8. The van der Waals surface area contributed by atoms with Crippen molar-refractivity contribution in [1.29, 1.82) is 0 Å². The predicted octanol–water partition coefficient (Wildman–Crippen LogP) is 3.97. The van der Waals surface area contributed by atoms with E-state index in [4.69, 9.17) is 4.43 Å². The molecule has 0 aliphatic rings. The Hall–Kier alpha value is -1.94. The van der Waals surface area contributed by atoms with Crippen LogP contribution in [0.4, 0.5) is 13.2 Å².